The molecule has 1 atom stereocenters. The number of methoxy groups -OCH3 is 1. The number of aliphatic hydroxyl groups is 1. The van der Waals surface area contributed by atoms with E-state index in [9.17, 15) is 0 Å². The molecule has 1 aromatic rings. The van der Waals surface area contributed by atoms with Crippen molar-refractivity contribution in [1.29, 1.82) is 0 Å². The molecule has 0 aromatic heterocycles. The topological polar surface area (TPSA) is 38.7 Å². The van der Waals surface area contributed by atoms with Gasteiger partial charge in [0.15, 0.2) is 11.5 Å². The summed E-state index contributed by atoms with van der Waals surface area (Å²) in [5.41, 5.74) is 1.15. The minimum absolute atomic E-state index is 0.261. The van der Waals surface area contributed by atoms with Crippen LogP contribution in [0.1, 0.15) is 25.3 Å². The number of hydrogen-bond donors (Lipinski definition) is 1. The van der Waals surface area contributed by atoms with Gasteiger partial charge in [-0.25, -0.2) is 0 Å². The summed E-state index contributed by atoms with van der Waals surface area (Å²) in [5.74, 6) is 1.52. The van der Waals surface area contributed by atoms with Crippen LogP contribution in [0.3, 0.4) is 0 Å². The Kier molecular flexibility index (Phi) is 5.12. The average Bonchev–Trinajstić information content (AvgIpc) is 2.25. The lowest BCUT2D eigenvalue weighted by Crippen LogP contribution is -2.05. The highest BCUT2D eigenvalue weighted by Crippen LogP contribution is 2.27. The van der Waals surface area contributed by atoms with Crippen LogP contribution in [0, 0.1) is 6.92 Å². The number of rotatable bonds is 6. The molecule has 1 aromatic carbocycles. The zero-order valence-electron chi connectivity index (χ0n) is 10.2. The van der Waals surface area contributed by atoms with E-state index in [2.05, 4.69) is 0 Å². The summed E-state index contributed by atoms with van der Waals surface area (Å²) in [5, 5.41) is 9.11. The van der Waals surface area contributed by atoms with Gasteiger partial charge in [0.2, 0.25) is 0 Å². The third-order valence-electron chi connectivity index (χ3n) is 2.34. The number of aryl methyl sites for hydroxylation is 1. The highest BCUT2D eigenvalue weighted by molar-refractivity contribution is 5.42. The van der Waals surface area contributed by atoms with E-state index in [4.69, 9.17) is 14.6 Å². The number of ether oxygens (including phenoxy) is 2. The Morgan fingerprint density at radius 1 is 1.31 bits per heavy atom. The van der Waals surface area contributed by atoms with Crippen LogP contribution in [0.4, 0.5) is 0 Å². The monoisotopic (exact) mass is 224 g/mol. The zero-order chi connectivity index (χ0) is 12.0. The van der Waals surface area contributed by atoms with Crippen molar-refractivity contribution in [2.24, 2.45) is 0 Å². The van der Waals surface area contributed by atoms with Gasteiger partial charge in [-0.3, -0.25) is 0 Å². The molecule has 0 fully saturated rings. The van der Waals surface area contributed by atoms with E-state index in [1.807, 2.05) is 25.1 Å². The molecule has 0 spiro atoms. The predicted molar refractivity (Wildman–Crippen MR) is 64.1 cm³/mol. The van der Waals surface area contributed by atoms with Gasteiger partial charge in [-0.05, 0) is 44.4 Å². The lowest BCUT2D eigenvalue weighted by atomic mass is 10.2. The predicted octanol–water partition coefficient (Wildman–Crippen LogP) is 2.54. The highest BCUT2D eigenvalue weighted by atomic mass is 16.5. The lowest BCUT2D eigenvalue weighted by Gasteiger charge is -2.11. The first kappa shape index (κ1) is 12.8. The van der Waals surface area contributed by atoms with E-state index < -0.39 is 0 Å². The fourth-order valence-corrected chi connectivity index (χ4v) is 1.45. The van der Waals surface area contributed by atoms with Crippen LogP contribution in [0.15, 0.2) is 18.2 Å². The molecule has 0 amide bonds. The van der Waals surface area contributed by atoms with Crippen LogP contribution in [-0.4, -0.2) is 24.9 Å². The van der Waals surface area contributed by atoms with Gasteiger partial charge in [-0.1, -0.05) is 6.07 Å². The summed E-state index contributed by atoms with van der Waals surface area (Å²) < 4.78 is 10.8. The van der Waals surface area contributed by atoms with Crippen LogP contribution in [0.5, 0.6) is 11.5 Å². The van der Waals surface area contributed by atoms with Crippen LogP contribution < -0.4 is 9.47 Å². The van der Waals surface area contributed by atoms with Crippen molar-refractivity contribution in [3.05, 3.63) is 23.8 Å². The third-order valence-corrected chi connectivity index (χ3v) is 2.34. The van der Waals surface area contributed by atoms with E-state index in [0.29, 0.717) is 6.61 Å². The Hall–Kier alpha value is -1.22. The molecule has 1 unspecified atom stereocenters. The summed E-state index contributed by atoms with van der Waals surface area (Å²) in [6, 6.07) is 5.85. The van der Waals surface area contributed by atoms with Crippen LogP contribution in [0.2, 0.25) is 0 Å². The fraction of sp³-hybridized carbons (Fsp3) is 0.538. The van der Waals surface area contributed by atoms with Crippen molar-refractivity contribution in [2.45, 2.75) is 32.8 Å². The Morgan fingerprint density at radius 3 is 2.69 bits per heavy atom. The first-order valence-corrected chi connectivity index (χ1v) is 5.59. The molecular formula is C13H20O3. The van der Waals surface area contributed by atoms with Crippen molar-refractivity contribution < 1.29 is 14.6 Å². The second-order valence-corrected chi connectivity index (χ2v) is 3.99. The molecule has 0 aliphatic rings. The van der Waals surface area contributed by atoms with E-state index >= 15 is 0 Å². The van der Waals surface area contributed by atoms with E-state index in [1.165, 1.54) is 0 Å². The van der Waals surface area contributed by atoms with Gasteiger partial charge < -0.3 is 14.6 Å². The first-order valence-electron chi connectivity index (χ1n) is 5.59. The largest absolute Gasteiger partial charge is 0.493 e. The van der Waals surface area contributed by atoms with Crippen LogP contribution in [-0.2, 0) is 0 Å². The molecule has 3 heteroatoms. The lowest BCUT2D eigenvalue weighted by molar-refractivity contribution is 0.169. The molecule has 90 valence electrons. The van der Waals surface area contributed by atoms with Gasteiger partial charge in [-0.2, -0.15) is 0 Å². The number of benzene rings is 1. The normalized spacial score (nSPS) is 12.2. The maximum Gasteiger partial charge on any atom is 0.161 e. The van der Waals surface area contributed by atoms with Crippen molar-refractivity contribution >= 4 is 0 Å². The molecule has 1 N–H and O–H groups in total. The fourth-order valence-electron chi connectivity index (χ4n) is 1.45. The Morgan fingerprint density at radius 2 is 2.06 bits per heavy atom. The summed E-state index contributed by atoms with van der Waals surface area (Å²) in [7, 11) is 1.64. The quantitative estimate of drug-likeness (QED) is 0.755. The SMILES string of the molecule is COc1cc(C)ccc1OCCCC(C)O. The van der Waals surface area contributed by atoms with Gasteiger partial charge in [0, 0.05) is 0 Å². The summed E-state index contributed by atoms with van der Waals surface area (Å²) >= 11 is 0. The summed E-state index contributed by atoms with van der Waals surface area (Å²) in [6.07, 6.45) is 1.34. The van der Waals surface area contributed by atoms with Crippen LogP contribution >= 0.6 is 0 Å². The second-order valence-electron chi connectivity index (χ2n) is 3.99. The van der Waals surface area contributed by atoms with Crippen molar-refractivity contribution in [1.82, 2.24) is 0 Å². The number of aliphatic hydroxyl groups excluding tert-OH is 1. The minimum atomic E-state index is -0.261. The van der Waals surface area contributed by atoms with Crippen LogP contribution in [0.25, 0.3) is 0 Å². The summed E-state index contributed by atoms with van der Waals surface area (Å²) in [6.45, 7) is 4.40. The highest BCUT2D eigenvalue weighted by Gasteiger charge is 2.04. The minimum Gasteiger partial charge on any atom is -0.493 e. The first-order chi connectivity index (χ1) is 7.63. The molecule has 16 heavy (non-hydrogen) atoms. The van der Waals surface area contributed by atoms with E-state index in [-0.39, 0.29) is 6.10 Å². The molecule has 0 saturated carbocycles. The smallest absolute Gasteiger partial charge is 0.161 e. The summed E-state index contributed by atoms with van der Waals surface area (Å²) in [4.78, 5) is 0. The maximum atomic E-state index is 9.11. The molecule has 0 aliphatic heterocycles. The molecular weight excluding hydrogens is 204 g/mol. The Labute approximate surface area is 97.0 Å². The molecule has 0 bridgehead atoms. The molecule has 0 heterocycles. The zero-order valence-corrected chi connectivity index (χ0v) is 10.2. The van der Waals surface area contributed by atoms with Crippen molar-refractivity contribution in [3.63, 3.8) is 0 Å². The van der Waals surface area contributed by atoms with E-state index in [1.54, 1.807) is 14.0 Å². The van der Waals surface area contributed by atoms with Gasteiger partial charge in [0.1, 0.15) is 0 Å². The van der Waals surface area contributed by atoms with Gasteiger partial charge >= 0.3 is 0 Å². The second kappa shape index (κ2) is 6.38. The van der Waals surface area contributed by atoms with Crippen molar-refractivity contribution in [2.75, 3.05) is 13.7 Å². The maximum absolute atomic E-state index is 9.11. The Bertz CT molecular complexity index is 321. The molecule has 0 aliphatic carbocycles. The van der Waals surface area contributed by atoms with Gasteiger partial charge in [0.25, 0.3) is 0 Å². The van der Waals surface area contributed by atoms with Gasteiger partial charge in [0.05, 0.1) is 19.8 Å². The molecule has 0 radical (unpaired) electrons. The molecule has 3 nitrogen and oxygen atoms in total. The third kappa shape index (κ3) is 4.11. The van der Waals surface area contributed by atoms with E-state index in [0.717, 1.165) is 29.9 Å². The average molecular weight is 224 g/mol. The standard InChI is InChI=1S/C13H20O3/c1-10-6-7-12(13(9-10)15-3)16-8-4-5-11(2)14/h6-7,9,11,14H,4-5,8H2,1-3H3. The molecule has 0 saturated heterocycles. The van der Waals surface area contributed by atoms with Gasteiger partial charge in [-0.15, -0.1) is 0 Å². The Balaban J connectivity index is 2.47. The number of hydrogen-bond acceptors (Lipinski definition) is 3. The van der Waals surface area contributed by atoms with Crippen molar-refractivity contribution in [3.8, 4) is 11.5 Å². The molecule has 1 rings (SSSR count).